The summed E-state index contributed by atoms with van der Waals surface area (Å²) in [5.74, 6) is -1.54. The molecule has 0 radical (unpaired) electrons. The Hall–Kier alpha value is -2.60. The molecular weight excluding hydrogens is 314 g/mol. The molecule has 1 aromatic carbocycles. The molecule has 124 valence electrons. The minimum Gasteiger partial charge on any atom is -0.289 e. The van der Waals surface area contributed by atoms with Gasteiger partial charge in [-0.15, -0.1) is 0 Å². The van der Waals surface area contributed by atoms with Gasteiger partial charge in [-0.05, 0) is 54.2 Å². The van der Waals surface area contributed by atoms with Gasteiger partial charge in [-0.25, -0.2) is 14.3 Å². The number of hydrogen-bond acceptors (Lipinski definition) is 3. The summed E-state index contributed by atoms with van der Waals surface area (Å²) in [6.07, 6.45) is 5.10. The maximum absolute atomic E-state index is 14.0. The highest BCUT2D eigenvalue weighted by molar-refractivity contribution is 5.94. The van der Waals surface area contributed by atoms with E-state index in [4.69, 9.17) is 0 Å². The molecular formula is C18H16F2N2O2. The molecule has 1 unspecified atom stereocenters. The van der Waals surface area contributed by atoms with E-state index in [0.717, 1.165) is 11.8 Å². The SMILES string of the molecule is Cc1c(F)cccc1C1(C(=O)NO)C=C(c2cncc(F)c2)CC1. The number of nitrogens with one attached hydrogen (secondary N) is 1. The van der Waals surface area contributed by atoms with Crippen LogP contribution in [-0.2, 0) is 10.2 Å². The molecule has 2 N–H and O–H groups in total. The summed E-state index contributed by atoms with van der Waals surface area (Å²) >= 11 is 0. The number of benzene rings is 1. The second kappa shape index (κ2) is 6.13. The highest BCUT2D eigenvalue weighted by Crippen LogP contribution is 2.44. The lowest BCUT2D eigenvalue weighted by Crippen LogP contribution is -2.41. The van der Waals surface area contributed by atoms with E-state index in [-0.39, 0.29) is 0 Å². The lowest BCUT2D eigenvalue weighted by Gasteiger charge is -2.27. The summed E-state index contributed by atoms with van der Waals surface area (Å²) in [7, 11) is 0. The molecule has 4 nitrogen and oxygen atoms in total. The van der Waals surface area contributed by atoms with Gasteiger partial charge in [-0.1, -0.05) is 18.2 Å². The zero-order valence-electron chi connectivity index (χ0n) is 13.0. The number of carbonyl (C=O) groups is 1. The zero-order valence-corrected chi connectivity index (χ0v) is 13.0. The third-order valence-corrected chi connectivity index (χ3v) is 4.54. The predicted octanol–water partition coefficient (Wildman–Crippen LogP) is 3.29. The number of hydrogen-bond donors (Lipinski definition) is 2. The first-order valence-corrected chi connectivity index (χ1v) is 7.51. The van der Waals surface area contributed by atoms with Crippen molar-refractivity contribution in [3.05, 3.63) is 71.1 Å². The molecule has 1 aliphatic carbocycles. The smallest absolute Gasteiger partial charge is 0.257 e. The average Bonchev–Trinajstić information content (AvgIpc) is 3.03. The first-order chi connectivity index (χ1) is 11.5. The molecule has 1 aromatic heterocycles. The van der Waals surface area contributed by atoms with Gasteiger partial charge in [0.2, 0.25) is 0 Å². The fourth-order valence-corrected chi connectivity index (χ4v) is 3.29. The molecule has 3 rings (SSSR count). The van der Waals surface area contributed by atoms with Gasteiger partial charge in [0.15, 0.2) is 0 Å². The van der Waals surface area contributed by atoms with Crippen molar-refractivity contribution in [1.82, 2.24) is 10.5 Å². The van der Waals surface area contributed by atoms with Crippen LogP contribution < -0.4 is 5.48 Å². The van der Waals surface area contributed by atoms with Crippen molar-refractivity contribution < 1.29 is 18.8 Å². The minimum atomic E-state index is -1.21. The lowest BCUT2D eigenvalue weighted by molar-refractivity contribution is -0.133. The normalized spacial score (nSPS) is 19.9. The van der Waals surface area contributed by atoms with Gasteiger partial charge in [-0.2, -0.15) is 0 Å². The Labute approximate surface area is 137 Å². The van der Waals surface area contributed by atoms with Gasteiger partial charge in [0.25, 0.3) is 5.91 Å². The van der Waals surface area contributed by atoms with Crippen molar-refractivity contribution in [2.75, 3.05) is 0 Å². The maximum Gasteiger partial charge on any atom is 0.257 e. The lowest BCUT2D eigenvalue weighted by atomic mass is 9.77. The quantitative estimate of drug-likeness (QED) is 0.670. The number of carbonyl (C=O) groups excluding carboxylic acids is 1. The Morgan fingerprint density at radius 3 is 2.83 bits per heavy atom. The van der Waals surface area contributed by atoms with Crippen molar-refractivity contribution in [2.45, 2.75) is 25.2 Å². The van der Waals surface area contributed by atoms with Crippen LogP contribution in [0.15, 0.2) is 42.7 Å². The van der Waals surface area contributed by atoms with Crippen LogP contribution in [-0.4, -0.2) is 16.1 Å². The largest absolute Gasteiger partial charge is 0.289 e. The molecule has 0 saturated carbocycles. The molecule has 0 aliphatic heterocycles. The van der Waals surface area contributed by atoms with Crippen LogP contribution >= 0.6 is 0 Å². The highest BCUT2D eigenvalue weighted by Gasteiger charge is 2.43. The second-order valence-electron chi connectivity index (χ2n) is 5.89. The van der Waals surface area contributed by atoms with Crippen LogP contribution in [0.1, 0.15) is 29.5 Å². The first-order valence-electron chi connectivity index (χ1n) is 7.51. The Bertz CT molecular complexity index is 836. The standard InChI is InChI=1S/C18H16F2N2O2/c1-11-15(3-2-4-16(11)20)18(17(23)22-24)6-5-12(8-18)13-7-14(19)10-21-9-13/h2-4,7-10,24H,5-6H2,1H3,(H,22,23). The van der Waals surface area contributed by atoms with E-state index in [2.05, 4.69) is 4.98 Å². The minimum absolute atomic E-state index is 0.343. The Kier molecular flexibility index (Phi) is 4.15. The Morgan fingerprint density at radius 2 is 2.12 bits per heavy atom. The molecule has 0 spiro atoms. The van der Waals surface area contributed by atoms with Gasteiger partial charge < -0.3 is 0 Å². The molecule has 1 heterocycles. The second-order valence-corrected chi connectivity index (χ2v) is 5.89. The van der Waals surface area contributed by atoms with Crippen LogP contribution in [0.25, 0.3) is 5.57 Å². The van der Waals surface area contributed by atoms with Gasteiger partial charge in [-0.3, -0.25) is 15.0 Å². The fraction of sp³-hybridized carbons (Fsp3) is 0.222. The Balaban J connectivity index is 2.15. The number of nitrogens with zero attached hydrogens (tertiary/aromatic N) is 1. The number of halogens is 2. The van der Waals surface area contributed by atoms with E-state index < -0.39 is 23.0 Å². The van der Waals surface area contributed by atoms with Gasteiger partial charge >= 0.3 is 0 Å². The molecule has 2 aromatic rings. The van der Waals surface area contributed by atoms with E-state index >= 15 is 0 Å². The summed E-state index contributed by atoms with van der Waals surface area (Å²) in [4.78, 5) is 16.2. The van der Waals surface area contributed by atoms with Crippen LogP contribution in [0.5, 0.6) is 0 Å². The van der Waals surface area contributed by atoms with Crippen molar-refractivity contribution in [2.24, 2.45) is 0 Å². The molecule has 1 atom stereocenters. The number of hydroxylamine groups is 1. The number of allylic oxidation sites excluding steroid dienone is 1. The molecule has 0 bridgehead atoms. The summed E-state index contributed by atoms with van der Waals surface area (Å²) < 4.78 is 27.4. The number of pyridine rings is 1. The van der Waals surface area contributed by atoms with Crippen LogP contribution in [0, 0.1) is 18.6 Å². The molecule has 0 fully saturated rings. The van der Waals surface area contributed by atoms with E-state index in [0.29, 0.717) is 29.5 Å². The van der Waals surface area contributed by atoms with Crippen LogP contribution in [0.3, 0.4) is 0 Å². The summed E-state index contributed by atoms with van der Waals surface area (Å²) in [6.45, 7) is 1.59. The zero-order chi connectivity index (χ0) is 17.3. The molecule has 24 heavy (non-hydrogen) atoms. The fourth-order valence-electron chi connectivity index (χ4n) is 3.29. The van der Waals surface area contributed by atoms with Crippen LogP contribution in [0.4, 0.5) is 8.78 Å². The van der Waals surface area contributed by atoms with Gasteiger partial charge in [0.1, 0.15) is 11.6 Å². The number of rotatable bonds is 3. The third kappa shape index (κ3) is 2.59. The summed E-state index contributed by atoms with van der Waals surface area (Å²) in [5.41, 5.74) is 2.60. The van der Waals surface area contributed by atoms with Crippen molar-refractivity contribution in [3.63, 3.8) is 0 Å². The topological polar surface area (TPSA) is 62.2 Å². The molecule has 6 heteroatoms. The van der Waals surface area contributed by atoms with Crippen molar-refractivity contribution in [3.8, 4) is 0 Å². The predicted molar refractivity (Wildman–Crippen MR) is 84.2 cm³/mol. The highest BCUT2D eigenvalue weighted by atomic mass is 19.1. The monoisotopic (exact) mass is 330 g/mol. The average molecular weight is 330 g/mol. The van der Waals surface area contributed by atoms with E-state index in [1.165, 1.54) is 24.4 Å². The van der Waals surface area contributed by atoms with E-state index in [1.807, 2.05) is 0 Å². The van der Waals surface area contributed by atoms with Crippen LogP contribution in [0.2, 0.25) is 0 Å². The molecule has 1 amide bonds. The van der Waals surface area contributed by atoms with Crippen molar-refractivity contribution >= 4 is 11.5 Å². The van der Waals surface area contributed by atoms with Gasteiger partial charge in [0.05, 0.1) is 11.6 Å². The summed E-state index contributed by atoms with van der Waals surface area (Å²) in [5, 5.41) is 9.19. The van der Waals surface area contributed by atoms with E-state index in [1.54, 1.807) is 24.5 Å². The summed E-state index contributed by atoms with van der Waals surface area (Å²) in [6, 6.07) is 5.85. The van der Waals surface area contributed by atoms with E-state index in [9.17, 15) is 18.8 Å². The molecule has 1 aliphatic rings. The van der Waals surface area contributed by atoms with Gasteiger partial charge in [0, 0.05) is 6.20 Å². The molecule has 0 saturated heterocycles. The maximum atomic E-state index is 14.0. The number of aromatic nitrogens is 1. The Morgan fingerprint density at radius 1 is 1.33 bits per heavy atom. The first kappa shape index (κ1) is 16.3. The number of amides is 1. The van der Waals surface area contributed by atoms with Crippen molar-refractivity contribution in [1.29, 1.82) is 0 Å². The third-order valence-electron chi connectivity index (χ3n) is 4.54.